The van der Waals surface area contributed by atoms with Gasteiger partial charge in [-0.2, -0.15) is 0 Å². The number of carbonyl (C=O) groups excluding carboxylic acids is 3. The predicted octanol–water partition coefficient (Wildman–Crippen LogP) is 2.83. The Bertz CT molecular complexity index is 1090. The van der Waals surface area contributed by atoms with E-state index in [4.69, 9.17) is 18.0 Å². The van der Waals surface area contributed by atoms with Crippen molar-refractivity contribution in [1.82, 2.24) is 15.1 Å². The van der Waals surface area contributed by atoms with Crippen LogP contribution in [-0.2, 0) is 20.0 Å². The number of nitrogens with zero attached hydrogens (tertiary/aromatic N) is 2. The molecule has 2 heterocycles. The number of hydrogen-bond donors (Lipinski definition) is 1. The molecule has 1 N–H and O–H groups in total. The smallest absolute Gasteiger partial charge is 0.270 e. The lowest BCUT2D eigenvalue weighted by Gasteiger charge is -2.59. The number of carbonyl (C=O) groups is 3. The summed E-state index contributed by atoms with van der Waals surface area (Å²) < 4.78 is 0. The van der Waals surface area contributed by atoms with Gasteiger partial charge in [0, 0.05) is 44.0 Å². The lowest BCUT2D eigenvalue weighted by Crippen LogP contribution is -2.63. The highest BCUT2D eigenvalue weighted by molar-refractivity contribution is 6.30. The summed E-state index contributed by atoms with van der Waals surface area (Å²) in [4.78, 5) is 42.1. The Morgan fingerprint density at radius 3 is 2.42 bits per heavy atom. The summed E-state index contributed by atoms with van der Waals surface area (Å²) in [6.45, 7) is 8.65. The van der Waals surface area contributed by atoms with Crippen LogP contribution < -0.4 is 10.4 Å². The Hall–Kier alpha value is -2.82. The van der Waals surface area contributed by atoms with Gasteiger partial charge in [0.25, 0.3) is 5.91 Å². The van der Waals surface area contributed by atoms with Crippen LogP contribution in [0.25, 0.3) is 0 Å². The molecule has 7 nitrogen and oxygen atoms in total. The molecule has 1 aromatic carbocycles. The van der Waals surface area contributed by atoms with E-state index in [-0.39, 0.29) is 55.3 Å². The van der Waals surface area contributed by atoms with Crippen molar-refractivity contribution in [3.63, 3.8) is 0 Å². The average molecular weight is 513 g/mol. The highest BCUT2D eigenvalue weighted by Gasteiger charge is 2.43. The largest absolute Gasteiger partial charge is 0.846 e. The fourth-order valence-electron chi connectivity index (χ4n) is 5.06. The number of allylic oxidation sites excluding steroid dienone is 1. The minimum Gasteiger partial charge on any atom is -0.846 e. The Labute approximate surface area is 218 Å². The van der Waals surface area contributed by atoms with E-state index >= 15 is 0 Å². The maximum Gasteiger partial charge on any atom is 0.270 e. The SMILES string of the molecule is C#CCCC(=O)N1CC[C@@H](C(=O)NC(C(=O)N2CCC([O-])(c3ccc(Cl)cc3)C(C)(C)C2)=C(C)C)C1. The number of rotatable bonds is 6. The molecule has 2 fully saturated rings. The number of hydrogen-bond acceptors (Lipinski definition) is 4. The Morgan fingerprint density at radius 1 is 1.17 bits per heavy atom. The summed E-state index contributed by atoms with van der Waals surface area (Å²) in [7, 11) is 0. The monoisotopic (exact) mass is 512 g/mol. The van der Waals surface area contributed by atoms with Gasteiger partial charge in [-0.3, -0.25) is 14.4 Å². The van der Waals surface area contributed by atoms with E-state index in [2.05, 4.69) is 11.2 Å². The Balaban J connectivity index is 1.68. The third-order valence-electron chi connectivity index (χ3n) is 7.37. The molecule has 0 aromatic heterocycles. The Morgan fingerprint density at radius 2 is 1.83 bits per heavy atom. The molecule has 1 aromatic rings. The van der Waals surface area contributed by atoms with Crippen LogP contribution in [0.1, 0.15) is 58.9 Å². The molecule has 2 atom stereocenters. The fourth-order valence-corrected chi connectivity index (χ4v) is 5.18. The van der Waals surface area contributed by atoms with E-state index < -0.39 is 11.0 Å². The molecule has 2 aliphatic heterocycles. The number of amides is 3. The van der Waals surface area contributed by atoms with Crippen molar-refractivity contribution in [1.29, 1.82) is 0 Å². The molecule has 8 heteroatoms. The second-order valence-corrected chi connectivity index (χ2v) is 11.0. The van der Waals surface area contributed by atoms with Crippen LogP contribution in [0.3, 0.4) is 0 Å². The van der Waals surface area contributed by atoms with Crippen molar-refractivity contribution in [2.75, 3.05) is 26.2 Å². The highest BCUT2D eigenvalue weighted by Crippen LogP contribution is 2.44. The first-order valence-corrected chi connectivity index (χ1v) is 12.7. The zero-order valence-corrected chi connectivity index (χ0v) is 22.3. The van der Waals surface area contributed by atoms with Crippen LogP contribution in [0.2, 0.25) is 5.02 Å². The van der Waals surface area contributed by atoms with Gasteiger partial charge in [0.05, 0.1) is 5.92 Å². The number of halogens is 1. The predicted molar refractivity (Wildman–Crippen MR) is 137 cm³/mol. The molecular formula is C28H35ClN3O4-. The summed E-state index contributed by atoms with van der Waals surface area (Å²) in [5.74, 6) is 1.44. The van der Waals surface area contributed by atoms with Crippen LogP contribution in [0.15, 0.2) is 35.5 Å². The van der Waals surface area contributed by atoms with E-state index in [1.54, 1.807) is 47.9 Å². The van der Waals surface area contributed by atoms with Gasteiger partial charge in [0.2, 0.25) is 11.8 Å². The minimum atomic E-state index is -1.37. The number of benzene rings is 1. The molecule has 0 saturated carbocycles. The second kappa shape index (κ2) is 11.1. The quantitative estimate of drug-likeness (QED) is 0.468. The molecule has 0 spiro atoms. The third-order valence-corrected chi connectivity index (χ3v) is 7.62. The van der Waals surface area contributed by atoms with Gasteiger partial charge in [-0.25, -0.2) is 0 Å². The number of nitrogens with one attached hydrogen (secondary N) is 1. The molecule has 2 aliphatic rings. The maximum absolute atomic E-state index is 14.0. The van der Waals surface area contributed by atoms with Crippen molar-refractivity contribution >= 4 is 29.3 Å². The van der Waals surface area contributed by atoms with Crippen molar-refractivity contribution < 1.29 is 19.5 Å². The van der Waals surface area contributed by atoms with Crippen molar-refractivity contribution in [3.05, 3.63) is 46.1 Å². The number of terminal acetylenes is 1. The van der Waals surface area contributed by atoms with Crippen LogP contribution >= 0.6 is 11.6 Å². The molecule has 36 heavy (non-hydrogen) atoms. The molecule has 0 bridgehead atoms. The minimum absolute atomic E-state index is 0.0564. The van der Waals surface area contributed by atoms with Crippen LogP contribution in [0.4, 0.5) is 0 Å². The first-order chi connectivity index (χ1) is 16.9. The van der Waals surface area contributed by atoms with Crippen LogP contribution in [0.5, 0.6) is 0 Å². The molecular weight excluding hydrogens is 478 g/mol. The molecule has 3 rings (SSSR count). The van der Waals surface area contributed by atoms with E-state index in [0.717, 1.165) is 0 Å². The van der Waals surface area contributed by atoms with Gasteiger partial charge in [-0.15, -0.1) is 12.3 Å². The molecule has 2 saturated heterocycles. The van der Waals surface area contributed by atoms with Gasteiger partial charge in [-0.1, -0.05) is 48.7 Å². The lowest BCUT2D eigenvalue weighted by atomic mass is 9.66. The fraction of sp³-hybridized carbons (Fsp3) is 0.536. The van der Waals surface area contributed by atoms with Gasteiger partial charge in [-0.05, 0) is 49.8 Å². The van der Waals surface area contributed by atoms with Gasteiger partial charge in [0.15, 0.2) is 0 Å². The zero-order valence-electron chi connectivity index (χ0n) is 21.5. The summed E-state index contributed by atoms with van der Waals surface area (Å²) in [6, 6.07) is 6.96. The van der Waals surface area contributed by atoms with E-state index in [1.807, 2.05) is 13.8 Å². The molecule has 0 radical (unpaired) electrons. The normalized spacial score (nSPS) is 23.1. The number of piperidine rings is 1. The topological polar surface area (TPSA) is 92.8 Å². The third kappa shape index (κ3) is 5.77. The van der Waals surface area contributed by atoms with Crippen LogP contribution in [-0.4, -0.2) is 53.7 Å². The zero-order chi connectivity index (χ0) is 26.7. The Kier molecular flexibility index (Phi) is 8.53. The first kappa shape index (κ1) is 27.8. The summed E-state index contributed by atoms with van der Waals surface area (Å²) >= 11 is 6.01. The highest BCUT2D eigenvalue weighted by atomic mass is 35.5. The standard InChI is InChI=1S/C28H35ClN3O4/c1-6-7-8-23(33)31-15-13-20(17-31)25(34)30-24(19(2)3)26(35)32-16-14-28(36,27(4,5)18-32)21-9-11-22(29)12-10-21/h1,9-12,20H,7-8,13-18H2,2-5H3,(H,30,34)/q-1/t20-,28?/m1/s1. The van der Waals surface area contributed by atoms with Gasteiger partial charge < -0.3 is 20.2 Å². The first-order valence-electron chi connectivity index (χ1n) is 12.3. The van der Waals surface area contributed by atoms with E-state index in [0.29, 0.717) is 42.1 Å². The summed E-state index contributed by atoms with van der Waals surface area (Å²) in [6.07, 6.45) is 6.66. The van der Waals surface area contributed by atoms with Crippen molar-refractivity contribution in [2.24, 2.45) is 11.3 Å². The molecule has 3 amide bonds. The molecule has 0 aliphatic carbocycles. The number of likely N-dealkylation sites (tertiary alicyclic amines) is 2. The van der Waals surface area contributed by atoms with Crippen LogP contribution in [0, 0.1) is 23.7 Å². The average Bonchev–Trinajstić information content (AvgIpc) is 3.33. The second-order valence-electron chi connectivity index (χ2n) is 10.6. The summed E-state index contributed by atoms with van der Waals surface area (Å²) in [5.41, 5.74) is -0.555. The van der Waals surface area contributed by atoms with Gasteiger partial charge in [0.1, 0.15) is 5.70 Å². The maximum atomic E-state index is 14.0. The summed E-state index contributed by atoms with van der Waals surface area (Å²) in [5, 5.41) is 17.4. The van der Waals surface area contributed by atoms with E-state index in [1.165, 1.54) is 0 Å². The van der Waals surface area contributed by atoms with E-state index in [9.17, 15) is 19.5 Å². The van der Waals surface area contributed by atoms with Crippen molar-refractivity contribution in [2.45, 2.75) is 59.0 Å². The molecule has 1 unspecified atom stereocenters. The van der Waals surface area contributed by atoms with Gasteiger partial charge >= 0.3 is 0 Å². The molecule has 194 valence electrons. The lowest BCUT2D eigenvalue weighted by molar-refractivity contribution is -0.523. The van der Waals surface area contributed by atoms with Crippen molar-refractivity contribution in [3.8, 4) is 12.3 Å².